The third-order valence-corrected chi connectivity index (χ3v) is 2.28. The van der Waals surface area contributed by atoms with Gasteiger partial charge in [-0.15, -0.1) is 0 Å². The Labute approximate surface area is 101 Å². The zero-order chi connectivity index (χ0) is 13.3. The molecule has 1 amide bonds. The molecule has 0 spiro atoms. The first-order valence-electron chi connectivity index (χ1n) is 5.05. The Kier molecular flexibility index (Phi) is 8.00. The Bertz CT molecular complexity index is 312. The predicted octanol–water partition coefficient (Wildman–Crippen LogP) is -2.91. The molecule has 0 aromatic rings. The molecule has 0 aromatic heterocycles. The molecule has 1 heterocycles. The Morgan fingerprint density at radius 3 is 2.29 bits per heavy atom. The topological polar surface area (TPSA) is 109 Å². The van der Waals surface area contributed by atoms with Crippen LogP contribution in [0.3, 0.4) is 0 Å². The lowest BCUT2D eigenvalue weighted by molar-refractivity contribution is -0.888. The van der Waals surface area contributed by atoms with E-state index >= 15 is 0 Å². The largest absolute Gasteiger partial charge is 0.725 e. The summed E-state index contributed by atoms with van der Waals surface area (Å²) in [5.74, 6) is -0.469. The molecule has 0 radical (unpaired) electrons. The minimum Gasteiger partial charge on any atom is -0.725 e. The van der Waals surface area contributed by atoms with Gasteiger partial charge in [0.15, 0.2) is 0 Å². The zero-order valence-corrected chi connectivity index (χ0v) is 10.7. The van der Waals surface area contributed by atoms with Crippen LogP contribution in [0.4, 0.5) is 0 Å². The van der Waals surface area contributed by atoms with Crippen LogP contribution < -0.4 is 10.2 Å². The van der Waals surface area contributed by atoms with Crippen LogP contribution in [0.1, 0.15) is 6.92 Å². The van der Waals surface area contributed by atoms with E-state index in [0.717, 1.165) is 13.2 Å². The third-order valence-electron chi connectivity index (χ3n) is 1.87. The van der Waals surface area contributed by atoms with E-state index in [-0.39, 0.29) is 0 Å². The van der Waals surface area contributed by atoms with Crippen molar-refractivity contribution in [2.45, 2.75) is 6.92 Å². The number of carbonyl (C=O) groups excluding carboxylic acids is 1. The lowest BCUT2D eigenvalue weighted by atomic mass is 10.5. The van der Waals surface area contributed by atoms with Crippen LogP contribution in [0.5, 0.6) is 0 Å². The van der Waals surface area contributed by atoms with Gasteiger partial charge in [-0.2, -0.15) is 0 Å². The van der Waals surface area contributed by atoms with E-state index in [2.05, 4.69) is 11.2 Å². The normalized spacial score (nSPS) is 16.9. The molecule has 1 fully saturated rings. The van der Waals surface area contributed by atoms with E-state index in [1.807, 2.05) is 5.32 Å². The van der Waals surface area contributed by atoms with Crippen molar-refractivity contribution >= 4 is 16.3 Å². The molecule has 9 heteroatoms. The molecule has 0 aromatic carbocycles. The molecule has 0 saturated carbocycles. The van der Waals surface area contributed by atoms with Gasteiger partial charge in [0.25, 0.3) is 0 Å². The van der Waals surface area contributed by atoms with E-state index in [9.17, 15) is 17.8 Å². The second kappa shape index (κ2) is 8.37. The maximum atomic E-state index is 10.0. The fraction of sp³-hybridized carbons (Fsp3) is 0.875. The van der Waals surface area contributed by atoms with E-state index in [0.29, 0.717) is 0 Å². The van der Waals surface area contributed by atoms with Crippen LogP contribution in [0.15, 0.2) is 0 Å². The summed E-state index contributed by atoms with van der Waals surface area (Å²) in [5.41, 5.74) is 0. The molecule has 102 valence electrons. The summed E-state index contributed by atoms with van der Waals surface area (Å²) in [6, 6.07) is 0. The molecule has 1 aliphatic rings. The van der Waals surface area contributed by atoms with E-state index < -0.39 is 23.0 Å². The van der Waals surface area contributed by atoms with E-state index in [1.54, 1.807) is 4.90 Å². The minimum atomic E-state index is -4.68. The van der Waals surface area contributed by atoms with Crippen LogP contribution >= 0.6 is 0 Å². The number of morpholine rings is 1. The number of hydrogen-bond acceptors (Lipinski definition) is 6. The number of quaternary nitrogens is 1. The van der Waals surface area contributed by atoms with Gasteiger partial charge in [-0.1, -0.05) is 0 Å². The molecule has 2 N–H and O–H groups in total. The molecular weight excluding hydrogens is 252 g/mol. The van der Waals surface area contributed by atoms with E-state index in [1.165, 1.54) is 20.0 Å². The maximum Gasteiger partial charge on any atom is 0.219 e. The highest BCUT2D eigenvalue weighted by Crippen LogP contribution is 1.80. The van der Waals surface area contributed by atoms with Crippen molar-refractivity contribution in [1.29, 1.82) is 0 Å². The van der Waals surface area contributed by atoms with Gasteiger partial charge in [0.1, 0.15) is 19.8 Å². The second-order valence-electron chi connectivity index (χ2n) is 3.47. The first-order valence-corrected chi connectivity index (χ1v) is 6.38. The molecule has 0 atom stereocenters. The highest BCUT2D eigenvalue weighted by Gasteiger charge is 2.05. The van der Waals surface area contributed by atoms with Crippen molar-refractivity contribution in [2.75, 3.05) is 40.1 Å². The average molecular weight is 270 g/mol. The number of rotatable bonds is 3. The third kappa shape index (κ3) is 13.2. The lowest BCUT2D eigenvalue weighted by Gasteiger charge is -2.18. The molecule has 1 rings (SSSR count). The highest BCUT2D eigenvalue weighted by molar-refractivity contribution is 7.80. The minimum absolute atomic E-state index is 0.469. The standard InChI is InChI=1S/C5H11NO.C3H7NO5S/c1-6-2-4-7-5-3-6;1-3(5)4-2-9-10(6,7)8/h2-5H2,1H3;2H2,1H3,(H,4,5)(H,6,7,8). The van der Waals surface area contributed by atoms with Crippen molar-refractivity contribution < 1.29 is 31.6 Å². The number of hydrogen-bond donors (Lipinski definition) is 2. The van der Waals surface area contributed by atoms with Crippen LogP contribution in [-0.4, -0.2) is 59.0 Å². The van der Waals surface area contributed by atoms with Crippen molar-refractivity contribution in [2.24, 2.45) is 0 Å². The van der Waals surface area contributed by atoms with Crippen LogP contribution in [-0.2, 0) is 24.1 Å². The molecule has 1 saturated heterocycles. The van der Waals surface area contributed by atoms with Gasteiger partial charge in [0.05, 0.1) is 20.3 Å². The SMILES string of the molecule is CC(=O)NCOS(=O)(=O)[O-].C[NH+]1CCOCC1. The molecular formula is C8H18N2O6S. The first-order chi connectivity index (χ1) is 7.81. The lowest BCUT2D eigenvalue weighted by Crippen LogP contribution is -3.11. The molecule has 1 aliphatic heterocycles. The van der Waals surface area contributed by atoms with Crippen molar-refractivity contribution in [3.8, 4) is 0 Å². The van der Waals surface area contributed by atoms with Gasteiger partial charge in [-0.25, -0.2) is 8.42 Å². The monoisotopic (exact) mass is 270 g/mol. The molecule has 0 unspecified atom stereocenters. The maximum absolute atomic E-state index is 10.0. The second-order valence-corrected chi connectivity index (χ2v) is 4.53. The van der Waals surface area contributed by atoms with Crippen molar-refractivity contribution in [1.82, 2.24) is 5.32 Å². The smallest absolute Gasteiger partial charge is 0.219 e. The first kappa shape index (κ1) is 16.3. The van der Waals surface area contributed by atoms with Crippen LogP contribution in [0.25, 0.3) is 0 Å². The summed E-state index contributed by atoms with van der Waals surface area (Å²) in [4.78, 5) is 11.6. The van der Waals surface area contributed by atoms with Gasteiger partial charge in [-0.3, -0.25) is 8.98 Å². The Morgan fingerprint density at radius 1 is 1.47 bits per heavy atom. The van der Waals surface area contributed by atoms with Gasteiger partial charge in [0, 0.05) is 6.92 Å². The number of likely N-dealkylation sites (N-methyl/N-ethyl adjacent to an activating group) is 1. The average Bonchev–Trinajstić information content (AvgIpc) is 2.17. The Balaban J connectivity index is 0.000000318. The van der Waals surface area contributed by atoms with Gasteiger partial charge in [-0.05, 0) is 0 Å². The van der Waals surface area contributed by atoms with Crippen LogP contribution in [0, 0.1) is 0 Å². The van der Waals surface area contributed by atoms with Crippen molar-refractivity contribution in [3.63, 3.8) is 0 Å². The summed E-state index contributed by atoms with van der Waals surface area (Å²) in [6.07, 6.45) is 0. The molecule has 17 heavy (non-hydrogen) atoms. The number of amides is 1. The molecule has 0 aliphatic carbocycles. The quantitative estimate of drug-likeness (QED) is 0.323. The van der Waals surface area contributed by atoms with E-state index in [4.69, 9.17) is 4.74 Å². The van der Waals surface area contributed by atoms with Crippen LogP contribution in [0.2, 0.25) is 0 Å². The summed E-state index contributed by atoms with van der Waals surface area (Å²) in [6.45, 7) is 4.82. The van der Waals surface area contributed by atoms with Gasteiger partial charge >= 0.3 is 0 Å². The predicted molar refractivity (Wildman–Crippen MR) is 56.9 cm³/mol. The fourth-order valence-corrected chi connectivity index (χ4v) is 1.13. The Hall–Kier alpha value is -0.740. The Morgan fingerprint density at radius 2 is 2.00 bits per heavy atom. The molecule has 0 bridgehead atoms. The number of carbonyl (C=O) groups is 1. The van der Waals surface area contributed by atoms with Crippen molar-refractivity contribution in [3.05, 3.63) is 0 Å². The summed E-state index contributed by atoms with van der Waals surface area (Å²) < 4.78 is 37.8. The molecule has 8 nitrogen and oxygen atoms in total. The van der Waals surface area contributed by atoms with Gasteiger partial charge < -0.3 is 19.5 Å². The zero-order valence-electron chi connectivity index (χ0n) is 9.89. The highest BCUT2D eigenvalue weighted by atomic mass is 32.3. The summed E-state index contributed by atoms with van der Waals surface area (Å²) >= 11 is 0. The number of nitrogens with one attached hydrogen (secondary N) is 2. The fourth-order valence-electron chi connectivity index (χ4n) is 0.923. The number of ether oxygens (including phenoxy) is 1. The van der Waals surface area contributed by atoms with Gasteiger partial charge in [0.2, 0.25) is 16.3 Å². The summed E-state index contributed by atoms with van der Waals surface area (Å²) in [7, 11) is -2.49. The summed E-state index contributed by atoms with van der Waals surface area (Å²) in [5, 5.41) is 1.96.